The fourth-order valence-corrected chi connectivity index (χ4v) is 10.9. The van der Waals surface area contributed by atoms with E-state index in [1.165, 1.54) is 10.9 Å². The van der Waals surface area contributed by atoms with E-state index in [0.29, 0.717) is 23.7 Å². The third-order valence-corrected chi connectivity index (χ3v) is 13.7. The van der Waals surface area contributed by atoms with Gasteiger partial charge in [0.15, 0.2) is 16.6 Å². The van der Waals surface area contributed by atoms with E-state index in [1.807, 2.05) is 0 Å². The van der Waals surface area contributed by atoms with Gasteiger partial charge in [-0.2, -0.15) is 0 Å². The van der Waals surface area contributed by atoms with Crippen LogP contribution in [-0.2, 0) is 19.7 Å². The van der Waals surface area contributed by atoms with Crippen molar-refractivity contribution >= 4 is 103 Å². The van der Waals surface area contributed by atoms with Crippen LogP contribution in [0.1, 0.15) is 91.9 Å². The van der Waals surface area contributed by atoms with Crippen LogP contribution in [-0.4, -0.2) is 74.9 Å². The summed E-state index contributed by atoms with van der Waals surface area (Å²) in [5, 5.41) is 0.120. The number of aliphatic imine (C=N–C) groups is 2. The van der Waals surface area contributed by atoms with E-state index in [-0.39, 0.29) is 33.6 Å². The molecule has 2 aliphatic carbocycles. The minimum atomic E-state index is -1.62. The summed E-state index contributed by atoms with van der Waals surface area (Å²) >= 11 is 34.0. The summed E-state index contributed by atoms with van der Waals surface area (Å²) in [7, 11) is -1.99. The topological polar surface area (TPSA) is 43.2 Å². The van der Waals surface area contributed by atoms with E-state index >= 15 is 0 Å². The molecular formula is C34H64Br2Cl4N2NiO2Si2. The maximum absolute atomic E-state index is 7.00. The van der Waals surface area contributed by atoms with E-state index in [0.717, 1.165) is 88.8 Å². The predicted molar refractivity (Wildman–Crippen MR) is 220 cm³/mol. The quantitative estimate of drug-likeness (QED) is 0.0631. The Morgan fingerprint density at radius 3 is 1.06 bits per heavy atom. The SMILES string of the molecule is CCC1C(Cl)CC(Cl)C(CC)C1N=C(CCCO[Si](C)(C)C)C(CCCO[Si](C)(C)C)=NC1C(CC)C(Cl)CC(Cl)C1CC.[Br][Ni][Br]. The van der Waals surface area contributed by atoms with Crippen LogP contribution in [0.15, 0.2) is 9.98 Å². The number of rotatable bonds is 17. The molecule has 0 saturated heterocycles. The van der Waals surface area contributed by atoms with Crippen LogP contribution in [0.4, 0.5) is 0 Å². The predicted octanol–water partition coefficient (Wildman–Crippen LogP) is 12.9. The molecule has 2 rings (SSSR count). The first-order chi connectivity index (χ1) is 22.0. The Balaban J connectivity index is 0.00000354. The monoisotopic (exact) mass is 944 g/mol. The van der Waals surface area contributed by atoms with Gasteiger partial charge in [-0.05, 0) is 127 Å². The molecule has 2 fully saturated rings. The van der Waals surface area contributed by atoms with Crippen LogP contribution in [0.5, 0.6) is 0 Å². The Morgan fingerprint density at radius 2 is 0.851 bits per heavy atom. The first-order valence-corrected chi connectivity index (χ1v) is 31.2. The van der Waals surface area contributed by atoms with E-state index < -0.39 is 16.6 Å². The molecule has 4 nitrogen and oxygen atoms in total. The van der Waals surface area contributed by atoms with Gasteiger partial charge in [-0.3, -0.25) is 9.98 Å². The molecule has 0 aromatic carbocycles. The second-order valence-corrected chi connectivity index (χ2v) is 31.4. The number of hydrogen-bond acceptors (Lipinski definition) is 4. The molecule has 0 bridgehead atoms. The van der Waals surface area contributed by atoms with Crippen molar-refractivity contribution in [3.63, 3.8) is 0 Å². The third-order valence-electron chi connectivity index (χ3n) is 9.53. The van der Waals surface area contributed by atoms with Gasteiger partial charge in [0.25, 0.3) is 0 Å². The van der Waals surface area contributed by atoms with Crippen LogP contribution >= 0.6 is 74.9 Å². The number of hydrogen-bond donors (Lipinski definition) is 0. The summed E-state index contributed by atoms with van der Waals surface area (Å²) in [6.45, 7) is 23.9. The molecule has 8 unspecified atom stereocenters. The zero-order valence-electron chi connectivity index (χ0n) is 30.6. The van der Waals surface area contributed by atoms with Gasteiger partial charge >= 0.3 is 39.3 Å². The molecule has 0 aliphatic heterocycles. The van der Waals surface area contributed by atoms with E-state index in [9.17, 15) is 0 Å². The Labute approximate surface area is 331 Å². The molecule has 0 heterocycles. The molecule has 0 spiro atoms. The van der Waals surface area contributed by atoms with Gasteiger partial charge in [0.2, 0.25) is 0 Å². The molecule has 47 heavy (non-hydrogen) atoms. The van der Waals surface area contributed by atoms with Crippen molar-refractivity contribution < 1.29 is 19.7 Å². The Morgan fingerprint density at radius 1 is 0.596 bits per heavy atom. The van der Waals surface area contributed by atoms with Gasteiger partial charge in [-0.1, -0.05) is 27.7 Å². The van der Waals surface area contributed by atoms with Gasteiger partial charge in [-0.15, -0.1) is 46.4 Å². The molecule has 0 N–H and O–H groups in total. The summed E-state index contributed by atoms with van der Waals surface area (Å²) < 4.78 is 12.6. The summed E-state index contributed by atoms with van der Waals surface area (Å²) in [5.41, 5.74) is 2.22. The van der Waals surface area contributed by atoms with Crippen molar-refractivity contribution in [1.29, 1.82) is 0 Å². The number of alkyl halides is 4. The van der Waals surface area contributed by atoms with Gasteiger partial charge in [0.05, 0.1) is 23.5 Å². The van der Waals surface area contributed by atoms with Crippen LogP contribution < -0.4 is 0 Å². The Kier molecular flexibility index (Phi) is 24.0. The van der Waals surface area contributed by atoms with Gasteiger partial charge in [-0.25, -0.2) is 0 Å². The van der Waals surface area contributed by atoms with Crippen LogP contribution in [0, 0.1) is 23.7 Å². The Bertz CT molecular complexity index is 841. The van der Waals surface area contributed by atoms with Crippen molar-refractivity contribution in [2.45, 2.75) is 165 Å². The van der Waals surface area contributed by atoms with Crippen molar-refractivity contribution in [3.05, 3.63) is 0 Å². The zero-order chi connectivity index (χ0) is 35.9. The van der Waals surface area contributed by atoms with Gasteiger partial charge in [0.1, 0.15) is 0 Å². The number of nitrogens with zero attached hydrogens (tertiary/aromatic N) is 2. The van der Waals surface area contributed by atoms with Crippen LogP contribution in [0.25, 0.3) is 0 Å². The summed E-state index contributed by atoms with van der Waals surface area (Å²) in [6.07, 6.45) is 9.13. The molecular weight excluding hydrogens is 885 g/mol. The zero-order valence-corrected chi connectivity index (χ0v) is 39.7. The summed E-state index contributed by atoms with van der Waals surface area (Å²) in [5.74, 6) is 1.17. The molecule has 0 amide bonds. The van der Waals surface area contributed by atoms with Crippen LogP contribution in [0.3, 0.4) is 0 Å². The first-order valence-electron chi connectivity index (χ1n) is 17.8. The van der Waals surface area contributed by atoms with Crippen molar-refractivity contribution in [2.24, 2.45) is 33.7 Å². The number of halogens is 6. The van der Waals surface area contributed by atoms with Crippen molar-refractivity contribution in [3.8, 4) is 0 Å². The second kappa shape index (κ2) is 23.9. The van der Waals surface area contributed by atoms with E-state index in [1.54, 1.807) is 0 Å². The molecule has 8 atom stereocenters. The average molecular weight is 949 g/mol. The first kappa shape index (κ1) is 47.3. The molecule has 0 radical (unpaired) electrons. The van der Waals surface area contributed by atoms with Gasteiger partial charge < -0.3 is 8.85 Å². The molecule has 0 aromatic rings. The summed E-state index contributed by atoms with van der Waals surface area (Å²) in [6, 6.07) is 0.161. The standard InChI is InChI=1S/C34H64Cl4N2O2Si2.2BrH.Ni/c1-11-23-27(35)21-28(36)24(12-2)33(23)39-31(17-15-19-41-43(5,6)7)32(18-16-20-42-44(8,9)10)40-34-25(13-3)29(37)22-30(38)26(34)14-4;;;/h23-30,33-34H,11-22H2,1-10H3;2*1H;/q;;;+2/p-2. The fraction of sp³-hybridized carbons (Fsp3) is 0.941. The Hall–Kier alpha value is 2.31. The van der Waals surface area contributed by atoms with Crippen molar-refractivity contribution in [2.75, 3.05) is 13.2 Å². The third kappa shape index (κ3) is 16.9. The van der Waals surface area contributed by atoms with E-state index in [2.05, 4.69) is 95.4 Å². The van der Waals surface area contributed by atoms with Gasteiger partial charge in [0, 0.05) is 34.7 Å². The molecule has 282 valence electrons. The molecule has 2 aliphatic rings. The minimum absolute atomic E-state index is 0.0300. The summed E-state index contributed by atoms with van der Waals surface area (Å²) in [4.78, 5) is 11.4. The molecule has 0 aromatic heterocycles. The molecule has 13 heteroatoms. The second-order valence-electron chi connectivity index (χ2n) is 15.1. The molecule has 2 saturated carbocycles. The van der Waals surface area contributed by atoms with E-state index in [4.69, 9.17) is 65.2 Å². The normalized spacial score (nSPS) is 32.7. The maximum atomic E-state index is 7.00. The average Bonchev–Trinajstić information content (AvgIpc) is 2.95. The van der Waals surface area contributed by atoms with Crippen molar-refractivity contribution in [1.82, 2.24) is 0 Å². The van der Waals surface area contributed by atoms with Crippen LogP contribution in [0.2, 0.25) is 39.3 Å². The fourth-order valence-electron chi connectivity index (χ4n) is 7.15.